The number of imide groups is 1. The van der Waals surface area contributed by atoms with E-state index in [2.05, 4.69) is 15.9 Å². The molecule has 0 radical (unpaired) electrons. The lowest BCUT2D eigenvalue weighted by Crippen LogP contribution is -2.51. The van der Waals surface area contributed by atoms with E-state index in [0.29, 0.717) is 15.7 Å². The van der Waals surface area contributed by atoms with Crippen LogP contribution < -0.4 is 4.90 Å². The van der Waals surface area contributed by atoms with Crippen LogP contribution in [0.15, 0.2) is 71.2 Å². The van der Waals surface area contributed by atoms with Gasteiger partial charge in [0.2, 0.25) is 29.0 Å². The van der Waals surface area contributed by atoms with Gasteiger partial charge in [-0.2, -0.15) is 0 Å². The molecule has 6 nitrogen and oxygen atoms in total. The third kappa shape index (κ3) is 2.79. The van der Waals surface area contributed by atoms with Crippen molar-refractivity contribution in [1.29, 1.82) is 0 Å². The lowest BCUT2D eigenvalue weighted by atomic mass is 9.77. The molecule has 2 aliphatic heterocycles. The smallest absolute Gasteiger partial charge is 0.241 e. The zero-order chi connectivity index (χ0) is 24.6. The number of anilines is 1. The number of carbonyl (C=O) groups is 4. The molecule has 6 rings (SSSR count). The van der Waals surface area contributed by atoms with Crippen LogP contribution in [0, 0.1) is 25.7 Å². The average molecular weight is 530 g/mol. The maximum Gasteiger partial charge on any atom is 0.241 e. The van der Waals surface area contributed by atoms with Crippen molar-refractivity contribution in [2.75, 3.05) is 4.90 Å². The van der Waals surface area contributed by atoms with E-state index in [1.165, 1.54) is 0 Å². The van der Waals surface area contributed by atoms with Gasteiger partial charge in [0.1, 0.15) is 0 Å². The minimum absolute atomic E-state index is 0.217. The van der Waals surface area contributed by atoms with E-state index < -0.39 is 46.9 Å². The van der Waals surface area contributed by atoms with Crippen LogP contribution in [0.1, 0.15) is 43.5 Å². The molecular formula is C28H20BrNO5. The molecule has 1 spiro atoms. The highest BCUT2D eigenvalue weighted by atomic mass is 79.9. The first-order chi connectivity index (χ1) is 16.8. The van der Waals surface area contributed by atoms with Crippen molar-refractivity contribution in [2.45, 2.75) is 25.6 Å². The molecule has 2 heterocycles. The molecule has 3 aromatic rings. The van der Waals surface area contributed by atoms with Crippen molar-refractivity contribution >= 4 is 45.0 Å². The summed E-state index contributed by atoms with van der Waals surface area (Å²) in [6.45, 7) is 3.85. The molecule has 0 aromatic heterocycles. The maximum atomic E-state index is 14.0. The zero-order valence-corrected chi connectivity index (χ0v) is 20.5. The van der Waals surface area contributed by atoms with Gasteiger partial charge in [-0.3, -0.25) is 19.2 Å². The van der Waals surface area contributed by atoms with E-state index in [9.17, 15) is 19.2 Å². The fourth-order valence-corrected chi connectivity index (χ4v) is 6.14. The van der Waals surface area contributed by atoms with Gasteiger partial charge < -0.3 is 4.74 Å². The van der Waals surface area contributed by atoms with Gasteiger partial charge in [-0.25, -0.2) is 4.90 Å². The van der Waals surface area contributed by atoms with Gasteiger partial charge in [-0.15, -0.1) is 0 Å². The van der Waals surface area contributed by atoms with Crippen LogP contribution in [-0.4, -0.2) is 29.0 Å². The number of halogens is 1. The quantitative estimate of drug-likeness (QED) is 0.353. The average Bonchev–Trinajstić information content (AvgIpc) is 3.41. The van der Waals surface area contributed by atoms with Gasteiger partial charge in [0.05, 0.1) is 23.6 Å². The molecule has 7 heteroatoms. The van der Waals surface area contributed by atoms with E-state index in [-0.39, 0.29) is 11.1 Å². The van der Waals surface area contributed by atoms with Crippen molar-refractivity contribution in [3.63, 3.8) is 0 Å². The SMILES string of the molecule is Cc1ccc(N2C(=O)[C@@H]3[C@@H](c4ccccc4Br)OC4(C(=O)c5ccccc5C4=O)[C@@H]3C2=O)cc1C. The monoisotopic (exact) mass is 529 g/mol. The van der Waals surface area contributed by atoms with Gasteiger partial charge in [0.25, 0.3) is 0 Å². The van der Waals surface area contributed by atoms with Crippen molar-refractivity contribution < 1.29 is 23.9 Å². The van der Waals surface area contributed by atoms with Crippen LogP contribution in [0.5, 0.6) is 0 Å². The number of hydrogen-bond acceptors (Lipinski definition) is 5. The minimum atomic E-state index is -2.07. The number of aryl methyl sites for hydroxylation is 2. The second-order valence-electron chi connectivity index (χ2n) is 9.28. The molecule has 3 atom stereocenters. The van der Waals surface area contributed by atoms with Crippen LogP contribution >= 0.6 is 15.9 Å². The highest BCUT2D eigenvalue weighted by molar-refractivity contribution is 9.10. The first kappa shape index (κ1) is 22.1. The molecule has 0 bridgehead atoms. The summed E-state index contributed by atoms with van der Waals surface area (Å²) in [5.41, 5.74) is 1.34. The van der Waals surface area contributed by atoms with E-state index in [4.69, 9.17) is 4.74 Å². The number of rotatable bonds is 2. The number of fused-ring (bicyclic) bond motifs is 3. The number of carbonyl (C=O) groups excluding carboxylic acids is 4. The summed E-state index contributed by atoms with van der Waals surface area (Å²) in [6, 6.07) is 19.0. The molecule has 2 amide bonds. The largest absolute Gasteiger partial charge is 0.349 e. The Bertz CT molecular complexity index is 1440. The van der Waals surface area contributed by atoms with Crippen LogP contribution in [0.4, 0.5) is 5.69 Å². The number of Topliss-reactive ketones (excluding diaryl/α,β-unsaturated/α-hetero) is 2. The Kier molecular flexibility index (Phi) is 4.75. The van der Waals surface area contributed by atoms with Crippen molar-refractivity contribution in [1.82, 2.24) is 0 Å². The van der Waals surface area contributed by atoms with Gasteiger partial charge in [-0.05, 0) is 48.7 Å². The molecule has 0 N–H and O–H groups in total. The summed E-state index contributed by atoms with van der Waals surface area (Å²) < 4.78 is 6.99. The molecule has 1 aliphatic carbocycles. The lowest BCUT2D eigenvalue weighted by Gasteiger charge is -2.27. The maximum absolute atomic E-state index is 14.0. The summed E-state index contributed by atoms with van der Waals surface area (Å²) in [7, 11) is 0. The Labute approximate surface area is 210 Å². The van der Waals surface area contributed by atoms with Gasteiger partial charge in [0.15, 0.2) is 0 Å². The Morgan fingerprint density at radius 3 is 2.06 bits per heavy atom. The Hall–Kier alpha value is -3.42. The van der Waals surface area contributed by atoms with Gasteiger partial charge in [-0.1, -0.05) is 64.5 Å². The summed E-state index contributed by atoms with van der Waals surface area (Å²) in [4.78, 5) is 56.6. The Morgan fingerprint density at radius 1 is 0.800 bits per heavy atom. The molecule has 35 heavy (non-hydrogen) atoms. The van der Waals surface area contributed by atoms with E-state index >= 15 is 0 Å². The molecule has 0 saturated carbocycles. The van der Waals surface area contributed by atoms with Crippen molar-refractivity contribution in [2.24, 2.45) is 11.8 Å². The van der Waals surface area contributed by atoms with Crippen LogP contribution in [0.2, 0.25) is 0 Å². The summed E-state index contributed by atoms with van der Waals surface area (Å²) in [6.07, 6.45) is -0.953. The molecule has 2 fully saturated rings. The van der Waals surface area contributed by atoms with Crippen molar-refractivity contribution in [3.8, 4) is 0 Å². The molecule has 174 valence electrons. The number of hydrogen-bond donors (Lipinski definition) is 0. The molecule has 0 unspecified atom stereocenters. The van der Waals surface area contributed by atoms with Crippen LogP contribution in [0.3, 0.4) is 0 Å². The van der Waals surface area contributed by atoms with E-state index in [0.717, 1.165) is 16.0 Å². The fraction of sp³-hybridized carbons (Fsp3) is 0.214. The fourth-order valence-electron chi connectivity index (χ4n) is 5.62. The number of benzene rings is 3. The summed E-state index contributed by atoms with van der Waals surface area (Å²) in [5, 5.41) is 0. The molecule has 3 aliphatic rings. The highest BCUT2D eigenvalue weighted by Crippen LogP contribution is 2.58. The minimum Gasteiger partial charge on any atom is -0.349 e. The van der Waals surface area contributed by atoms with E-state index in [1.807, 2.05) is 26.0 Å². The number of amides is 2. The first-order valence-electron chi connectivity index (χ1n) is 11.3. The van der Waals surface area contributed by atoms with Gasteiger partial charge in [0, 0.05) is 15.6 Å². The normalized spacial score (nSPS) is 24.4. The summed E-state index contributed by atoms with van der Waals surface area (Å²) >= 11 is 3.51. The first-order valence-corrected chi connectivity index (χ1v) is 12.1. The predicted octanol–water partition coefficient (Wildman–Crippen LogP) is 4.76. The second-order valence-corrected chi connectivity index (χ2v) is 10.1. The van der Waals surface area contributed by atoms with Crippen LogP contribution in [0.25, 0.3) is 0 Å². The number of ketones is 2. The topological polar surface area (TPSA) is 80.8 Å². The highest BCUT2D eigenvalue weighted by Gasteiger charge is 2.74. The summed E-state index contributed by atoms with van der Waals surface area (Å²) in [5.74, 6) is -4.48. The van der Waals surface area contributed by atoms with E-state index in [1.54, 1.807) is 54.6 Å². The van der Waals surface area contributed by atoms with Crippen LogP contribution in [-0.2, 0) is 14.3 Å². The lowest BCUT2D eigenvalue weighted by molar-refractivity contribution is -0.127. The molecule has 2 saturated heterocycles. The third-order valence-electron chi connectivity index (χ3n) is 7.48. The second kappa shape index (κ2) is 7.54. The van der Waals surface area contributed by atoms with Crippen molar-refractivity contribution in [3.05, 3.63) is 99.0 Å². The molecular weight excluding hydrogens is 510 g/mol. The zero-order valence-electron chi connectivity index (χ0n) is 18.9. The molecule has 3 aromatic carbocycles. The van der Waals surface area contributed by atoms with Gasteiger partial charge >= 0.3 is 0 Å². The predicted molar refractivity (Wildman–Crippen MR) is 131 cm³/mol. The number of ether oxygens (including phenoxy) is 1. The standard InChI is InChI=1S/C28H20BrNO5/c1-14-11-12-16(13-15(14)2)30-26(33)21-22(27(30)34)28(35-23(21)19-9-5-6-10-20(19)29)24(31)17-7-3-4-8-18(17)25(28)32/h3-13,21-23H,1-2H3/t21-,22-,23+/m0/s1. The number of nitrogens with zero attached hydrogens (tertiary/aromatic N) is 1. The third-order valence-corrected chi connectivity index (χ3v) is 8.20. The Balaban J connectivity index is 1.56. The Morgan fingerprint density at radius 2 is 1.43 bits per heavy atom.